The van der Waals surface area contributed by atoms with Crippen LogP contribution in [0.4, 0.5) is 8.78 Å². The minimum atomic E-state index is -0.928. The second kappa shape index (κ2) is 5.23. The van der Waals surface area contributed by atoms with Crippen LogP contribution in [0.3, 0.4) is 0 Å². The molecule has 1 amide bonds. The lowest BCUT2D eigenvalue weighted by atomic mass is 10.2. The minimum absolute atomic E-state index is 0.0991. The molecule has 1 aromatic carbocycles. The SMILES string of the molecule is CN(Cc1ccc(F)c(F)c1)C(=O)c1n[nH]c(C2CC2)n1. The summed E-state index contributed by atoms with van der Waals surface area (Å²) in [6.07, 6.45) is 2.13. The Morgan fingerprint density at radius 2 is 2.14 bits per heavy atom. The number of benzene rings is 1. The third kappa shape index (κ3) is 2.91. The van der Waals surface area contributed by atoms with Crippen LogP contribution in [0.25, 0.3) is 0 Å². The number of hydrogen-bond donors (Lipinski definition) is 1. The van der Waals surface area contributed by atoms with Crippen molar-refractivity contribution in [3.8, 4) is 0 Å². The van der Waals surface area contributed by atoms with Gasteiger partial charge in [-0.25, -0.2) is 13.8 Å². The molecule has 0 atom stereocenters. The largest absolute Gasteiger partial charge is 0.335 e. The average molecular weight is 292 g/mol. The van der Waals surface area contributed by atoms with Gasteiger partial charge in [-0.15, -0.1) is 5.10 Å². The zero-order chi connectivity index (χ0) is 15.0. The van der Waals surface area contributed by atoms with Gasteiger partial charge in [0.05, 0.1) is 0 Å². The van der Waals surface area contributed by atoms with Crippen LogP contribution < -0.4 is 0 Å². The van der Waals surface area contributed by atoms with Crippen LogP contribution in [0.5, 0.6) is 0 Å². The molecule has 0 unspecified atom stereocenters. The molecule has 1 saturated carbocycles. The molecule has 2 aromatic rings. The zero-order valence-electron chi connectivity index (χ0n) is 11.4. The fourth-order valence-electron chi connectivity index (χ4n) is 2.06. The van der Waals surface area contributed by atoms with E-state index in [2.05, 4.69) is 15.2 Å². The smallest absolute Gasteiger partial charge is 0.293 e. The van der Waals surface area contributed by atoms with Crippen molar-refractivity contribution in [1.29, 1.82) is 0 Å². The van der Waals surface area contributed by atoms with Crippen molar-refractivity contribution < 1.29 is 13.6 Å². The summed E-state index contributed by atoms with van der Waals surface area (Å²) >= 11 is 0. The second-order valence-electron chi connectivity index (χ2n) is 5.23. The quantitative estimate of drug-likeness (QED) is 0.940. The molecule has 1 aliphatic carbocycles. The molecule has 0 aliphatic heterocycles. The first kappa shape index (κ1) is 13.7. The van der Waals surface area contributed by atoms with Gasteiger partial charge in [-0.3, -0.25) is 9.89 Å². The van der Waals surface area contributed by atoms with Crippen LogP contribution >= 0.6 is 0 Å². The Bertz CT molecular complexity index is 681. The van der Waals surface area contributed by atoms with Crippen LogP contribution in [-0.4, -0.2) is 33.0 Å². The van der Waals surface area contributed by atoms with Gasteiger partial charge in [0, 0.05) is 19.5 Å². The van der Waals surface area contributed by atoms with Gasteiger partial charge in [-0.1, -0.05) is 6.07 Å². The molecule has 1 aromatic heterocycles. The summed E-state index contributed by atoms with van der Waals surface area (Å²) in [6.45, 7) is 0.156. The molecular weight excluding hydrogens is 278 g/mol. The first-order valence-corrected chi connectivity index (χ1v) is 6.66. The van der Waals surface area contributed by atoms with Crippen molar-refractivity contribution in [2.24, 2.45) is 0 Å². The van der Waals surface area contributed by atoms with E-state index in [-0.39, 0.29) is 18.3 Å². The Balaban J connectivity index is 1.69. The maximum atomic E-state index is 13.1. The van der Waals surface area contributed by atoms with E-state index in [0.29, 0.717) is 11.5 Å². The number of carbonyl (C=O) groups excluding carboxylic acids is 1. The predicted octanol–water partition coefficient (Wildman–Crippen LogP) is 2.23. The molecular formula is C14H14F2N4O. The summed E-state index contributed by atoms with van der Waals surface area (Å²) in [5.74, 6) is -0.974. The van der Waals surface area contributed by atoms with Gasteiger partial charge in [0.1, 0.15) is 5.82 Å². The van der Waals surface area contributed by atoms with E-state index in [4.69, 9.17) is 0 Å². The first-order chi connectivity index (χ1) is 10.0. The number of nitrogens with zero attached hydrogens (tertiary/aromatic N) is 3. The summed E-state index contributed by atoms with van der Waals surface area (Å²) in [5, 5.41) is 6.68. The molecule has 0 spiro atoms. The molecule has 1 aliphatic rings. The maximum Gasteiger partial charge on any atom is 0.293 e. The summed E-state index contributed by atoms with van der Waals surface area (Å²) in [5.41, 5.74) is 0.503. The number of amides is 1. The van der Waals surface area contributed by atoms with Crippen molar-refractivity contribution >= 4 is 5.91 Å². The lowest BCUT2D eigenvalue weighted by Crippen LogP contribution is -2.27. The molecule has 1 N–H and O–H groups in total. The highest BCUT2D eigenvalue weighted by Crippen LogP contribution is 2.37. The number of aromatic amines is 1. The van der Waals surface area contributed by atoms with E-state index in [1.54, 1.807) is 7.05 Å². The molecule has 7 heteroatoms. The highest BCUT2D eigenvalue weighted by molar-refractivity contribution is 5.90. The van der Waals surface area contributed by atoms with E-state index >= 15 is 0 Å². The Kier molecular flexibility index (Phi) is 3.40. The van der Waals surface area contributed by atoms with E-state index in [9.17, 15) is 13.6 Å². The number of halogens is 2. The maximum absolute atomic E-state index is 13.1. The topological polar surface area (TPSA) is 61.9 Å². The molecule has 5 nitrogen and oxygen atoms in total. The Hall–Kier alpha value is -2.31. The van der Waals surface area contributed by atoms with Crippen LogP contribution in [0.1, 0.15) is 40.8 Å². The molecule has 21 heavy (non-hydrogen) atoms. The van der Waals surface area contributed by atoms with Crippen LogP contribution in [0, 0.1) is 11.6 Å². The monoisotopic (exact) mass is 292 g/mol. The zero-order valence-corrected chi connectivity index (χ0v) is 11.4. The standard InChI is InChI=1S/C14H14F2N4O/c1-20(7-8-2-5-10(15)11(16)6-8)14(21)13-17-12(18-19-13)9-3-4-9/h2,5-6,9H,3-4,7H2,1H3,(H,17,18,19). The lowest BCUT2D eigenvalue weighted by Gasteiger charge is -2.15. The van der Waals surface area contributed by atoms with Crippen molar-refractivity contribution in [3.05, 3.63) is 47.0 Å². The lowest BCUT2D eigenvalue weighted by molar-refractivity contribution is 0.0773. The number of rotatable bonds is 4. The number of nitrogens with one attached hydrogen (secondary N) is 1. The van der Waals surface area contributed by atoms with Gasteiger partial charge >= 0.3 is 0 Å². The fraction of sp³-hybridized carbons (Fsp3) is 0.357. The molecule has 0 bridgehead atoms. The van der Waals surface area contributed by atoms with Crippen molar-refractivity contribution in [2.75, 3.05) is 7.05 Å². The van der Waals surface area contributed by atoms with E-state index < -0.39 is 11.6 Å². The molecule has 0 saturated heterocycles. The summed E-state index contributed by atoms with van der Waals surface area (Å²) in [7, 11) is 1.57. The molecule has 0 radical (unpaired) electrons. The van der Waals surface area contributed by atoms with Gasteiger partial charge in [-0.2, -0.15) is 0 Å². The van der Waals surface area contributed by atoms with E-state index in [1.165, 1.54) is 11.0 Å². The number of hydrogen-bond acceptors (Lipinski definition) is 3. The van der Waals surface area contributed by atoms with Crippen molar-refractivity contribution in [2.45, 2.75) is 25.3 Å². The van der Waals surface area contributed by atoms with Gasteiger partial charge in [-0.05, 0) is 30.5 Å². The minimum Gasteiger partial charge on any atom is -0.335 e. The summed E-state index contributed by atoms with van der Waals surface area (Å²) in [6, 6.07) is 3.56. The van der Waals surface area contributed by atoms with E-state index in [0.717, 1.165) is 30.8 Å². The Morgan fingerprint density at radius 3 is 2.81 bits per heavy atom. The highest BCUT2D eigenvalue weighted by Gasteiger charge is 2.28. The first-order valence-electron chi connectivity index (χ1n) is 6.66. The average Bonchev–Trinajstić information content (AvgIpc) is 3.20. The van der Waals surface area contributed by atoms with Crippen molar-refractivity contribution in [1.82, 2.24) is 20.1 Å². The van der Waals surface area contributed by atoms with E-state index in [1.807, 2.05) is 0 Å². The normalized spacial score (nSPS) is 14.2. The molecule has 110 valence electrons. The van der Waals surface area contributed by atoms with Crippen LogP contribution in [-0.2, 0) is 6.54 Å². The number of carbonyl (C=O) groups is 1. The number of aromatic nitrogens is 3. The van der Waals surface area contributed by atoms with Crippen LogP contribution in [0.2, 0.25) is 0 Å². The molecule has 1 fully saturated rings. The van der Waals surface area contributed by atoms with Gasteiger partial charge in [0.2, 0.25) is 5.82 Å². The van der Waals surface area contributed by atoms with Gasteiger partial charge in [0.15, 0.2) is 11.6 Å². The molecule has 1 heterocycles. The molecule has 3 rings (SSSR count). The second-order valence-corrected chi connectivity index (χ2v) is 5.23. The predicted molar refractivity (Wildman–Crippen MR) is 70.5 cm³/mol. The third-order valence-corrected chi connectivity index (χ3v) is 3.41. The van der Waals surface area contributed by atoms with Crippen LogP contribution in [0.15, 0.2) is 18.2 Å². The highest BCUT2D eigenvalue weighted by atomic mass is 19.2. The third-order valence-electron chi connectivity index (χ3n) is 3.41. The van der Waals surface area contributed by atoms with Gasteiger partial charge < -0.3 is 4.90 Å². The Morgan fingerprint density at radius 1 is 1.38 bits per heavy atom. The summed E-state index contributed by atoms with van der Waals surface area (Å²) < 4.78 is 26.0. The fourth-order valence-corrected chi connectivity index (χ4v) is 2.06. The van der Waals surface area contributed by atoms with Gasteiger partial charge in [0.25, 0.3) is 5.91 Å². The number of H-pyrrole nitrogens is 1. The Labute approximate surface area is 120 Å². The van der Waals surface area contributed by atoms with Crippen molar-refractivity contribution in [3.63, 3.8) is 0 Å². The summed E-state index contributed by atoms with van der Waals surface area (Å²) in [4.78, 5) is 17.7.